The molecule has 0 spiro atoms. The molecule has 19 heavy (non-hydrogen) atoms. The summed E-state index contributed by atoms with van der Waals surface area (Å²) in [5.74, 6) is -0.288. The molecular formula is C15H22ClFN2. The lowest BCUT2D eigenvalue weighted by molar-refractivity contribution is 0.150. The second-order valence-electron chi connectivity index (χ2n) is 5.39. The Morgan fingerprint density at radius 2 is 2.16 bits per heavy atom. The number of halogens is 2. The highest BCUT2D eigenvalue weighted by Crippen LogP contribution is 2.29. The van der Waals surface area contributed by atoms with E-state index in [9.17, 15) is 4.39 Å². The standard InChI is InChI=1S/C15H22ClFN2/c1-11-5-3-2-4-6-19(11)15(10-18)12-7-13(16)9-14(17)8-12/h7-9,11,15H,2-6,10,18H2,1H3. The Bertz CT molecular complexity index is 404. The number of likely N-dealkylation sites (tertiary alicyclic amines) is 1. The van der Waals surface area contributed by atoms with Crippen LogP contribution in [0.1, 0.15) is 44.2 Å². The number of hydrogen-bond donors (Lipinski definition) is 1. The number of rotatable bonds is 3. The lowest BCUT2D eigenvalue weighted by Gasteiger charge is -2.35. The lowest BCUT2D eigenvalue weighted by Crippen LogP contribution is -2.39. The number of nitrogens with two attached hydrogens (primary N) is 1. The molecule has 0 amide bonds. The molecule has 1 saturated heterocycles. The SMILES string of the molecule is CC1CCCCCN1C(CN)c1cc(F)cc(Cl)c1. The van der Waals surface area contributed by atoms with Crippen molar-refractivity contribution in [1.29, 1.82) is 0 Å². The van der Waals surface area contributed by atoms with E-state index in [1.807, 2.05) is 6.07 Å². The molecule has 2 nitrogen and oxygen atoms in total. The molecule has 4 heteroatoms. The fraction of sp³-hybridized carbons (Fsp3) is 0.600. The summed E-state index contributed by atoms with van der Waals surface area (Å²) in [6, 6.07) is 5.27. The van der Waals surface area contributed by atoms with Gasteiger partial charge in [-0.2, -0.15) is 0 Å². The number of nitrogens with zero attached hydrogens (tertiary/aromatic N) is 1. The van der Waals surface area contributed by atoms with Crippen LogP contribution in [0.3, 0.4) is 0 Å². The first-order valence-electron chi connectivity index (χ1n) is 7.03. The summed E-state index contributed by atoms with van der Waals surface area (Å²) in [5.41, 5.74) is 6.83. The van der Waals surface area contributed by atoms with Gasteiger partial charge in [-0.15, -0.1) is 0 Å². The van der Waals surface area contributed by atoms with Crippen molar-refractivity contribution in [3.8, 4) is 0 Å². The topological polar surface area (TPSA) is 29.3 Å². The molecule has 0 saturated carbocycles. The largest absolute Gasteiger partial charge is 0.329 e. The van der Waals surface area contributed by atoms with Crippen molar-refractivity contribution < 1.29 is 4.39 Å². The first-order chi connectivity index (χ1) is 9.11. The second kappa shape index (κ2) is 6.69. The molecule has 2 unspecified atom stereocenters. The second-order valence-corrected chi connectivity index (χ2v) is 5.83. The van der Waals surface area contributed by atoms with E-state index in [1.165, 1.54) is 31.7 Å². The molecule has 0 bridgehead atoms. The van der Waals surface area contributed by atoms with Gasteiger partial charge in [0.15, 0.2) is 0 Å². The zero-order valence-electron chi connectivity index (χ0n) is 11.4. The molecule has 1 aromatic rings. The average Bonchev–Trinajstić information content (AvgIpc) is 2.55. The van der Waals surface area contributed by atoms with Crippen molar-refractivity contribution in [2.45, 2.75) is 44.7 Å². The molecule has 1 aromatic carbocycles. The third-order valence-electron chi connectivity index (χ3n) is 4.00. The van der Waals surface area contributed by atoms with Gasteiger partial charge in [0.05, 0.1) is 0 Å². The highest BCUT2D eigenvalue weighted by molar-refractivity contribution is 6.30. The maximum absolute atomic E-state index is 13.5. The molecule has 0 aromatic heterocycles. The third-order valence-corrected chi connectivity index (χ3v) is 4.22. The predicted molar refractivity (Wildman–Crippen MR) is 77.8 cm³/mol. The quantitative estimate of drug-likeness (QED) is 0.916. The van der Waals surface area contributed by atoms with Crippen molar-refractivity contribution >= 4 is 11.6 Å². The lowest BCUT2D eigenvalue weighted by atomic mass is 10.0. The predicted octanol–water partition coefficient (Wildman–Crippen LogP) is 3.74. The van der Waals surface area contributed by atoms with E-state index >= 15 is 0 Å². The van der Waals surface area contributed by atoms with E-state index in [0.29, 0.717) is 17.6 Å². The molecular weight excluding hydrogens is 263 g/mol. The summed E-state index contributed by atoms with van der Waals surface area (Å²) in [4.78, 5) is 2.40. The van der Waals surface area contributed by atoms with Crippen LogP contribution >= 0.6 is 11.6 Å². The van der Waals surface area contributed by atoms with Crippen LogP contribution in [0, 0.1) is 5.82 Å². The summed E-state index contributed by atoms with van der Waals surface area (Å²) in [7, 11) is 0. The molecule has 2 N–H and O–H groups in total. The van der Waals surface area contributed by atoms with Crippen molar-refractivity contribution in [1.82, 2.24) is 4.90 Å². The zero-order chi connectivity index (χ0) is 13.8. The van der Waals surface area contributed by atoms with E-state index in [2.05, 4.69) is 11.8 Å². The molecule has 0 radical (unpaired) electrons. The third kappa shape index (κ3) is 3.68. The van der Waals surface area contributed by atoms with Crippen molar-refractivity contribution in [2.75, 3.05) is 13.1 Å². The summed E-state index contributed by atoms with van der Waals surface area (Å²) in [5, 5.41) is 0.441. The van der Waals surface area contributed by atoms with Crippen molar-refractivity contribution in [2.24, 2.45) is 5.73 Å². The summed E-state index contributed by atoms with van der Waals surface area (Å²) < 4.78 is 13.5. The smallest absolute Gasteiger partial charge is 0.125 e. The summed E-state index contributed by atoms with van der Waals surface area (Å²) >= 11 is 5.96. The molecule has 2 atom stereocenters. The minimum atomic E-state index is -0.288. The highest BCUT2D eigenvalue weighted by Gasteiger charge is 2.25. The van der Waals surface area contributed by atoms with E-state index < -0.39 is 0 Å². The Labute approximate surface area is 119 Å². The van der Waals surface area contributed by atoms with E-state index in [4.69, 9.17) is 17.3 Å². The van der Waals surface area contributed by atoms with Crippen LogP contribution in [0.15, 0.2) is 18.2 Å². The number of hydrogen-bond acceptors (Lipinski definition) is 2. The average molecular weight is 285 g/mol. The minimum absolute atomic E-state index is 0.0568. The maximum Gasteiger partial charge on any atom is 0.125 e. The van der Waals surface area contributed by atoms with Crippen LogP contribution in [0.5, 0.6) is 0 Å². The molecule has 106 valence electrons. The van der Waals surface area contributed by atoms with Gasteiger partial charge in [0.25, 0.3) is 0 Å². The first kappa shape index (κ1) is 14.8. The molecule has 1 aliphatic rings. The Morgan fingerprint density at radius 1 is 1.37 bits per heavy atom. The van der Waals surface area contributed by atoms with Crippen LogP contribution in [0.2, 0.25) is 5.02 Å². The number of benzene rings is 1. The van der Waals surface area contributed by atoms with Gasteiger partial charge >= 0.3 is 0 Å². The maximum atomic E-state index is 13.5. The van der Waals surface area contributed by atoms with E-state index in [1.54, 1.807) is 6.07 Å². The normalized spacial score (nSPS) is 23.1. The van der Waals surface area contributed by atoms with E-state index in [-0.39, 0.29) is 11.9 Å². The van der Waals surface area contributed by atoms with Gasteiger partial charge in [-0.05, 0) is 50.1 Å². The van der Waals surface area contributed by atoms with Crippen LogP contribution in [-0.2, 0) is 0 Å². The van der Waals surface area contributed by atoms with Crippen LogP contribution in [-0.4, -0.2) is 24.0 Å². The van der Waals surface area contributed by atoms with Gasteiger partial charge in [-0.3, -0.25) is 4.90 Å². The van der Waals surface area contributed by atoms with Gasteiger partial charge in [-0.1, -0.05) is 24.4 Å². The van der Waals surface area contributed by atoms with E-state index in [0.717, 1.165) is 12.1 Å². The zero-order valence-corrected chi connectivity index (χ0v) is 12.2. The Balaban J connectivity index is 2.26. The molecule has 1 aliphatic heterocycles. The van der Waals surface area contributed by atoms with Crippen LogP contribution in [0.4, 0.5) is 4.39 Å². The Kier molecular flexibility index (Phi) is 5.20. The van der Waals surface area contributed by atoms with Gasteiger partial charge in [0, 0.05) is 23.7 Å². The summed E-state index contributed by atoms with van der Waals surface area (Å²) in [6.07, 6.45) is 4.89. The van der Waals surface area contributed by atoms with Crippen molar-refractivity contribution in [3.05, 3.63) is 34.6 Å². The van der Waals surface area contributed by atoms with Gasteiger partial charge in [0.2, 0.25) is 0 Å². The first-order valence-corrected chi connectivity index (χ1v) is 7.41. The highest BCUT2D eigenvalue weighted by atomic mass is 35.5. The van der Waals surface area contributed by atoms with Gasteiger partial charge in [0.1, 0.15) is 5.82 Å². The monoisotopic (exact) mass is 284 g/mol. The van der Waals surface area contributed by atoms with Gasteiger partial charge in [-0.25, -0.2) is 4.39 Å². The van der Waals surface area contributed by atoms with Crippen LogP contribution in [0.25, 0.3) is 0 Å². The fourth-order valence-electron chi connectivity index (χ4n) is 2.99. The summed E-state index contributed by atoms with van der Waals surface area (Å²) in [6.45, 7) is 3.75. The Morgan fingerprint density at radius 3 is 2.84 bits per heavy atom. The van der Waals surface area contributed by atoms with Crippen LogP contribution < -0.4 is 5.73 Å². The van der Waals surface area contributed by atoms with Crippen molar-refractivity contribution in [3.63, 3.8) is 0 Å². The van der Waals surface area contributed by atoms with Gasteiger partial charge < -0.3 is 5.73 Å². The minimum Gasteiger partial charge on any atom is -0.329 e. The molecule has 0 aliphatic carbocycles. The molecule has 1 fully saturated rings. The fourth-order valence-corrected chi connectivity index (χ4v) is 3.22. The molecule has 2 rings (SSSR count). The molecule has 1 heterocycles. The Hall–Kier alpha value is -0.640.